The first-order chi connectivity index (χ1) is 17.8. The van der Waals surface area contributed by atoms with Crippen molar-refractivity contribution in [2.24, 2.45) is 0 Å². The molecule has 0 atom stereocenters. The van der Waals surface area contributed by atoms with E-state index in [-0.39, 0.29) is 0 Å². The summed E-state index contributed by atoms with van der Waals surface area (Å²) in [6.45, 7) is 9.64. The average Bonchev–Trinajstić information content (AvgIpc) is 2.89. The van der Waals surface area contributed by atoms with E-state index in [1.807, 2.05) is 0 Å². The third kappa shape index (κ3) is 7.82. The number of thiocarbonyl (C=S) groups is 1. The van der Waals surface area contributed by atoms with E-state index in [9.17, 15) is 13.2 Å². The highest BCUT2D eigenvalue weighted by Crippen LogP contribution is 2.31. The molecule has 1 saturated heterocycles. The normalized spacial score (nSPS) is 16.4. The third-order valence-electron chi connectivity index (χ3n) is 7.03. The Kier molecular flexibility index (Phi) is 9.67. The lowest BCUT2D eigenvalue weighted by Crippen LogP contribution is -2.44. The molecule has 2 aromatic rings. The number of halogens is 3. The maximum absolute atomic E-state index is 13.2. The van der Waals surface area contributed by atoms with Gasteiger partial charge in [0, 0.05) is 57.2 Å². The lowest BCUT2D eigenvalue weighted by atomic mass is 9.98. The molecular weight excluding hydrogens is 497 g/mol. The molecule has 5 nitrogen and oxygen atoms in total. The van der Waals surface area contributed by atoms with Gasteiger partial charge >= 0.3 is 6.18 Å². The zero-order valence-corrected chi connectivity index (χ0v) is 22.3. The summed E-state index contributed by atoms with van der Waals surface area (Å²) in [7, 11) is 0. The molecule has 9 heteroatoms. The fourth-order valence-corrected chi connectivity index (χ4v) is 5.22. The van der Waals surface area contributed by atoms with Crippen LogP contribution < -0.4 is 10.2 Å². The number of ether oxygens (including phenoxy) is 1. The van der Waals surface area contributed by atoms with Gasteiger partial charge in [0.1, 0.15) is 0 Å². The smallest absolute Gasteiger partial charge is 0.379 e. The maximum Gasteiger partial charge on any atom is 0.416 e. The van der Waals surface area contributed by atoms with Crippen LogP contribution in [0.25, 0.3) is 0 Å². The van der Waals surface area contributed by atoms with Crippen LogP contribution in [0, 0.1) is 0 Å². The van der Waals surface area contributed by atoms with Crippen LogP contribution in [0.15, 0.2) is 42.5 Å². The predicted octanol–water partition coefficient (Wildman–Crippen LogP) is 5.79. The molecule has 37 heavy (non-hydrogen) atoms. The number of nitrogens with one attached hydrogen (secondary N) is 1. The minimum absolute atomic E-state index is 0.341. The first-order valence-corrected chi connectivity index (χ1v) is 13.6. The molecular formula is C28H37F3N4OS. The van der Waals surface area contributed by atoms with E-state index in [0.717, 1.165) is 63.3 Å². The van der Waals surface area contributed by atoms with E-state index in [0.29, 0.717) is 37.1 Å². The fraction of sp³-hybridized carbons (Fsp3) is 0.536. The Bertz CT molecular complexity index is 1040. The number of benzene rings is 2. The second kappa shape index (κ2) is 12.9. The number of alkyl halides is 3. The van der Waals surface area contributed by atoms with Crippen molar-refractivity contribution in [3.05, 3.63) is 59.2 Å². The number of fused-ring (bicyclic) bond motifs is 1. The SMILES string of the molecule is CCCCN1CCCc2cc(CN(CCN3CCOCC3)C(=S)Nc3cccc(C(F)(F)F)c3)ccc21. The van der Waals surface area contributed by atoms with Gasteiger partial charge in [0.15, 0.2) is 5.11 Å². The number of aryl methyl sites for hydroxylation is 1. The molecule has 0 aliphatic carbocycles. The summed E-state index contributed by atoms with van der Waals surface area (Å²) in [6.07, 6.45) is 0.177. The van der Waals surface area contributed by atoms with Crippen LogP contribution >= 0.6 is 12.2 Å². The number of rotatable bonds is 9. The first-order valence-electron chi connectivity index (χ1n) is 13.2. The van der Waals surface area contributed by atoms with Gasteiger partial charge in [-0.1, -0.05) is 31.5 Å². The summed E-state index contributed by atoms with van der Waals surface area (Å²) in [5.41, 5.74) is 3.50. The summed E-state index contributed by atoms with van der Waals surface area (Å²) < 4.78 is 45.1. The van der Waals surface area contributed by atoms with Gasteiger partial charge in [-0.3, -0.25) is 4.90 Å². The molecule has 0 saturated carbocycles. The van der Waals surface area contributed by atoms with Crippen molar-refractivity contribution in [1.29, 1.82) is 0 Å². The van der Waals surface area contributed by atoms with Gasteiger partial charge in [-0.15, -0.1) is 0 Å². The largest absolute Gasteiger partial charge is 0.416 e. The Morgan fingerprint density at radius 3 is 2.65 bits per heavy atom. The van der Waals surface area contributed by atoms with Gasteiger partial charge in [0.05, 0.1) is 18.8 Å². The van der Waals surface area contributed by atoms with E-state index >= 15 is 0 Å². The van der Waals surface area contributed by atoms with E-state index in [2.05, 4.69) is 45.1 Å². The van der Waals surface area contributed by atoms with Gasteiger partial charge in [0.2, 0.25) is 0 Å². The minimum atomic E-state index is -4.40. The van der Waals surface area contributed by atoms with Crippen LogP contribution in [0.5, 0.6) is 0 Å². The van der Waals surface area contributed by atoms with E-state index in [1.165, 1.54) is 30.2 Å². The summed E-state index contributed by atoms with van der Waals surface area (Å²) >= 11 is 5.73. The van der Waals surface area contributed by atoms with Crippen LogP contribution in [-0.2, 0) is 23.9 Å². The summed E-state index contributed by atoms with van der Waals surface area (Å²) in [5.74, 6) is 0. The number of nitrogens with zero attached hydrogens (tertiary/aromatic N) is 3. The van der Waals surface area contributed by atoms with Crippen molar-refractivity contribution in [3.8, 4) is 0 Å². The van der Waals surface area contributed by atoms with Crippen molar-refractivity contribution >= 4 is 28.7 Å². The van der Waals surface area contributed by atoms with E-state index in [4.69, 9.17) is 17.0 Å². The highest BCUT2D eigenvalue weighted by molar-refractivity contribution is 7.80. The lowest BCUT2D eigenvalue weighted by Gasteiger charge is -2.33. The van der Waals surface area contributed by atoms with Crippen LogP contribution in [-0.4, -0.2) is 67.4 Å². The molecule has 0 radical (unpaired) electrons. The molecule has 0 spiro atoms. The van der Waals surface area contributed by atoms with Crippen molar-refractivity contribution in [1.82, 2.24) is 9.80 Å². The van der Waals surface area contributed by atoms with Gasteiger partial charge in [-0.2, -0.15) is 13.2 Å². The Labute approximate surface area is 223 Å². The van der Waals surface area contributed by atoms with Crippen molar-refractivity contribution in [2.75, 3.05) is 62.7 Å². The Morgan fingerprint density at radius 1 is 1.08 bits per heavy atom. The highest BCUT2D eigenvalue weighted by atomic mass is 32.1. The standard InChI is InChI=1S/C28H37F3N4OS/c1-2-3-11-34-12-5-6-23-19-22(9-10-26(23)34)21-35(14-13-33-15-17-36-18-16-33)27(37)32-25-8-4-7-24(20-25)28(29,30)31/h4,7-10,19-20H,2-3,5-6,11-18,21H2,1H3,(H,32,37). The summed E-state index contributed by atoms with van der Waals surface area (Å²) in [5, 5.41) is 3.49. The molecule has 2 heterocycles. The maximum atomic E-state index is 13.2. The molecule has 0 amide bonds. The Hall–Kier alpha value is -2.36. The molecule has 0 bridgehead atoms. The topological polar surface area (TPSA) is 31.0 Å². The number of hydrogen-bond donors (Lipinski definition) is 1. The number of morpholine rings is 1. The van der Waals surface area contributed by atoms with Crippen molar-refractivity contribution < 1.29 is 17.9 Å². The van der Waals surface area contributed by atoms with Crippen LogP contribution in [0.4, 0.5) is 24.5 Å². The van der Waals surface area contributed by atoms with Crippen LogP contribution in [0.2, 0.25) is 0 Å². The van der Waals surface area contributed by atoms with Gasteiger partial charge in [0.25, 0.3) is 0 Å². The molecule has 2 aromatic carbocycles. The zero-order valence-electron chi connectivity index (χ0n) is 21.5. The van der Waals surface area contributed by atoms with Gasteiger partial charge in [-0.25, -0.2) is 0 Å². The Balaban J connectivity index is 1.49. The average molecular weight is 535 g/mol. The second-order valence-electron chi connectivity index (χ2n) is 9.79. The first kappa shape index (κ1) is 27.7. The Morgan fingerprint density at radius 2 is 1.89 bits per heavy atom. The molecule has 2 aliphatic rings. The van der Waals surface area contributed by atoms with Gasteiger partial charge in [-0.05, 0) is 66.9 Å². The highest BCUT2D eigenvalue weighted by Gasteiger charge is 2.30. The van der Waals surface area contributed by atoms with E-state index in [1.54, 1.807) is 6.07 Å². The van der Waals surface area contributed by atoms with E-state index < -0.39 is 11.7 Å². The number of anilines is 2. The summed E-state index contributed by atoms with van der Waals surface area (Å²) in [6, 6.07) is 11.9. The molecule has 1 fully saturated rings. The van der Waals surface area contributed by atoms with Crippen molar-refractivity contribution in [2.45, 2.75) is 45.3 Å². The molecule has 4 rings (SSSR count). The lowest BCUT2D eigenvalue weighted by molar-refractivity contribution is -0.137. The minimum Gasteiger partial charge on any atom is -0.379 e. The molecule has 0 unspecified atom stereocenters. The molecule has 1 N–H and O–H groups in total. The van der Waals surface area contributed by atoms with Crippen LogP contribution in [0.1, 0.15) is 42.9 Å². The number of hydrogen-bond acceptors (Lipinski definition) is 4. The molecule has 202 valence electrons. The predicted molar refractivity (Wildman–Crippen MR) is 147 cm³/mol. The monoisotopic (exact) mass is 534 g/mol. The second-order valence-corrected chi connectivity index (χ2v) is 10.2. The number of unbranched alkanes of at least 4 members (excludes halogenated alkanes) is 1. The van der Waals surface area contributed by atoms with Crippen molar-refractivity contribution in [3.63, 3.8) is 0 Å². The summed E-state index contributed by atoms with van der Waals surface area (Å²) in [4.78, 5) is 6.88. The molecule has 2 aliphatic heterocycles. The zero-order chi connectivity index (χ0) is 26.3. The quantitative estimate of drug-likeness (QED) is 0.410. The van der Waals surface area contributed by atoms with Crippen LogP contribution in [0.3, 0.4) is 0 Å². The third-order valence-corrected chi connectivity index (χ3v) is 7.39. The molecule has 0 aromatic heterocycles. The van der Waals surface area contributed by atoms with Gasteiger partial charge < -0.3 is 19.9 Å². The fourth-order valence-electron chi connectivity index (χ4n) is 4.94.